The number of nitriles is 1. The number of benzene rings is 1. The van der Waals surface area contributed by atoms with Crippen LogP contribution in [0.25, 0.3) is 6.08 Å². The second-order valence-electron chi connectivity index (χ2n) is 3.86. The van der Waals surface area contributed by atoms with Crippen LogP contribution in [0.5, 0.6) is 0 Å². The number of pyridine rings is 1. The SMILES string of the molecule is N#C/C(=C\c1ccccc1Cl)C(=O)Nc1ccccn1. The average molecular weight is 284 g/mol. The molecule has 0 fully saturated rings. The van der Waals surface area contributed by atoms with Crippen molar-refractivity contribution in [2.45, 2.75) is 0 Å². The van der Waals surface area contributed by atoms with E-state index < -0.39 is 5.91 Å². The van der Waals surface area contributed by atoms with Gasteiger partial charge in [-0.25, -0.2) is 4.98 Å². The van der Waals surface area contributed by atoms with Crippen LogP contribution < -0.4 is 5.32 Å². The Morgan fingerprint density at radius 3 is 2.65 bits per heavy atom. The smallest absolute Gasteiger partial charge is 0.267 e. The number of aromatic nitrogens is 1. The summed E-state index contributed by atoms with van der Waals surface area (Å²) >= 11 is 5.99. The molecule has 0 aliphatic rings. The number of anilines is 1. The first-order valence-electron chi connectivity index (χ1n) is 5.79. The quantitative estimate of drug-likeness (QED) is 0.694. The predicted octanol–water partition coefficient (Wildman–Crippen LogP) is 3.28. The molecule has 0 aliphatic heterocycles. The van der Waals surface area contributed by atoms with Gasteiger partial charge in [-0.2, -0.15) is 5.26 Å². The Labute approximate surface area is 121 Å². The Balaban J connectivity index is 2.23. The van der Waals surface area contributed by atoms with Crippen molar-refractivity contribution in [3.05, 3.63) is 64.8 Å². The Bertz CT molecular complexity index is 690. The second kappa shape index (κ2) is 6.50. The number of nitrogens with zero attached hydrogens (tertiary/aromatic N) is 2. The third-order valence-electron chi connectivity index (χ3n) is 2.48. The van der Waals surface area contributed by atoms with E-state index in [1.54, 1.807) is 48.7 Å². The van der Waals surface area contributed by atoms with E-state index in [4.69, 9.17) is 16.9 Å². The van der Waals surface area contributed by atoms with E-state index in [1.165, 1.54) is 6.08 Å². The minimum atomic E-state index is -0.522. The molecule has 1 aromatic carbocycles. The van der Waals surface area contributed by atoms with Gasteiger partial charge in [0.15, 0.2) is 0 Å². The molecular formula is C15H10ClN3O. The molecule has 0 aliphatic carbocycles. The summed E-state index contributed by atoms with van der Waals surface area (Å²) in [6.45, 7) is 0. The molecule has 1 aromatic heterocycles. The fraction of sp³-hybridized carbons (Fsp3) is 0. The van der Waals surface area contributed by atoms with Crippen LogP contribution in [0.4, 0.5) is 5.82 Å². The summed E-state index contributed by atoms with van der Waals surface area (Å²) in [6, 6.07) is 14.0. The molecule has 0 unspecified atom stereocenters. The first-order valence-corrected chi connectivity index (χ1v) is 6.17. The first-order chi connectivity index (χ1) is 9.70. The van der Waals surface area contributed by atoms with Crippen molar-refractivity contribution < 1.29 is 4.79 Å². The van der Waals surface area contributed by atoms with Crippen molar-refractivity contribution in [3.8, 4) is 6.07 Å². The van der Waals surface area contributed by atoms with Crippen LogP contribution in [0, 0.1) is 11.3 Å². The maximum atomic E-state index is 12.0. The largest absolute Gasteiger partial charge is 0.306 e. The summed E-state index contributed by atoms with van der Waals surface area (Å²) in [5, 5.41) is 12.1. The fourth-order valence-corrected chi connectivity index (χ4v) is 1.71. The molecule has 0 saturated heterocycles. The zero-order chi connectivity index (χ0) is 14.4. The van der Waals surface area contributed by atoms with Crippen LogP contribution in [0.1, 0.15) is 5.56 Å². The number of carbonyl (C=O) groups is 1. The van der Waals surface area contributed by atoms with Gasteiger partial charge in [-0.05, 0) is 29.8 Å². The van der Waals surface area contributed by atoms with Crippen molar-refractivity contribution in [1.29, 1.82) is 5.26 Å². The zero-order valence-electron chi connectivity index (χ0n) is 10.4. The molecule has 1 heterocycles. The van der Waals surface area contributed by atoms with Crippen molar-refractivity contribution >= 4 is 29.4 Å². The Morgan fingerprint density at radius 2 is 2.00 bits per heavy atom. The van der Waals surface area contributed by atoms with Crippen molar-refractivity contribution in [2.24, 2.45) is 0 Å². The molecule has 2 rings (SSSR count). The molecule has 5 heteroatoms. The van der Waals surface area contributed by atoms with Gasteiger partial charge < -0.3 is 5.32 Å². The number of hydrogen-bond donors (Lipinski definition) is 1. The predicted molar refractivity (Wildman–Crippen MR) is 77.9 cm³/mol. The third-order valence-corrected chi connectivity index (χ3v) is 2.82. The highest BCUT2D eigenvalue weighted by atomic mass is 35.5. The normalized spacial score (nSPS) is 10.7. The molecule has 1 amide bonds. The summed E-state index contributed by atoms with van der Waals surface area (Å²) in [5.74, 6) is -0.135. The van der Waals surface area contributed by atoms with Crippen LogP contribution >= 0.6 is 11.6 Å². The summed E-state index contributed by atoms with van der Waals surface area (Å²) < 4.78 is 0. The minimum Gasteiger partial charge on any atom is -0.306 e. The number of nitrogens with one attached hydrogen (secondary N) is 1. The fourth-order valence-electron chi connectivity index (χ4n) is 1.52. The average Bonchev–Trinajstić information content (AvgIpc) is 2.47. The topological polar surface area (TPSA) is 65.8 Å². The minimum absolute atomic E-state index is 0.0382. The lowest BCUT2D eigenvalue weighted by atomic mass is 10.1. The lowest BCUT2D eigenvalue weighted by Crippen LogP contribution is -2.14. The van der Waals surface area contributed by atoms with E-state index in [0.29, 0.717) is 16.4 Å². The highest BCUT2D eigenvalue weighted by molar-refractivity contribution is 6.32. The van der Waals surface area contributed by atoms with Crippen molar-refractivity contribution in [1.82, 2.24) is 4.98 Å². The van der Waals surface area contributed by atoms with Crippen LogP contribution in [0.3, 0.4) is 0 Å². The number of rotatable bonds is 3. The maximum Gasteiger partial charge on any atom is 0.267 e. The Hall–Kier alpha value is -2.64. The third kappa shape index (κ3) is 3.44. The molecule has 1 N–H and O–H groups in total. The highest BCUT2D eigenvalue weighted by Gasteiger charge is 2.10. The second-order valence-corrected chi connectivity index (χ2v) is 4.27. The molecule has 0 atom stereocenters. The molecule has 0 spiro atoms. The van der Waals surface area contributed by atoms with E-state index in [0.717, 1.165) is 0 Å². The van der Waals surface area contributed by atoms with E-state index in [1.807, 2.05) is 6.07 Å². The molecule has 0 saturated carbocycles. The molecule has 4 nitrogen and oxygen atoms in total. The van der Waals surface area contributed by atoms with Crippen LogP contribution in [-0.4, -0.2) is 10.9 Å². The van der Waals surface area contributed by atoms with Gasteiger partial charge in [0.1, 0.15) is 17.5 Å². The molecule has 20 heavy (non-hydrogen) atoms. The lowest BCUT2D eigenvalue weighted by Gasteiger charge is -2.03. The van der Waals surface area contributed by atoms with Crippen molar-refractivity contribution in [3.63, 3.8) is 0 Å². The van der Waals surface area contributed by atoms with Gasteiger partial charge in [0, 0.05) is 11.2 Å². The van der Waals surface area contributed by atoms with Gasteiger partial charge >= 0.3 is 0 Å². The van der Waals surface area contributed by atoms with E-state index in [9.17, 15) is 4.79 Å². The summed E-state index contributed by atoms with van der Waals surface area (Å²) in [7, 11) is 0. The number of amides is 1. The van der Waals surface area contributed by atoms with Gasteiger partial charge in [-0.15, -0.1) is 0 Å². The van der Waals surface area contributed by atoms with Gasteiger partial charge in [0.25, 0.3) is 5.91 Å². The molecule has 2 aromatic rings. The highest BCUT2D eigenvalue weighted by Crippen LogP contribution is 2.18. The van der Waals surface area contributed by atoms with E-state index in [2.05, 4.69) is 10.3 Å². The number of hydrogen-bond acceptors (Lipinski definition) is 3. The van der Waals surface area contributed by atoms with Crippen LogP contribution in [0.2, 0.25) is 5.02 Å². The van der Waals surface area contributed by atoms with E-state index in [-0.39, 0.29) is 5.57 Å². The molecule has 0 bridgehead atoms. The standard InChI is InChI=1S/C15H10ClN3O/c16-13-6-2-1-5-11(13)9-12(10-17)15(20)19-14-7-3-4-8-18-14/h1-9H,(H,18,19,20)/b12-9+. The van der Waals surface area contributed by atoms with Crippen LogP contribution in [-0.2, 0) is 4.79 Å². The molecule has 98 valence electrons. The van der Waals surface area contributed by atoms with E-state index >= 15 is 0 Å². The van der Waals surface area contributed by atoms with Gasteiger partial charge in [-0.1, -0.05) is 35.9 Å². The maximum absolute atomic E-state index is 12.0. The van der Waals surface area contributed by atoms with Gasteiger partial charge in [-0.3, -0.25) is 4.79 Å². The summed E-state index contributed by atoms with van der Waals surface area (Å²) in [4.78, 5) is 15.9. The number of halogens is 1. The Morgan fingerprint density at radius 1 is 1.25 bits per heavy atom. The zero-order valence-corrected chi connectivity index (χ0v) is 11.1. The summed E-state index contributed by atoms with van der Waals surface area (Å²) in [5.41, 5.74) is 0.575. The number of carbonyl (C=O) groups excluding carboxylic acids is 1. The van der Waals surface area contributed by atoms with Gasteiger partial charge in [0.2, 0.25) is 0 Å². The van der Waals surface area contributed by atoms with Crippen LogP contribution in [0.15, 0.2) is 54.2 Å². The van der Waals surface area contributed by atoms with Crippen molar-refractivity contribution in [2.75, 3.05) is 5.32 Å². The first kappa shape index (κ1) is 13.8. The lowest BCUT2D eigenvalue weighted by molar-refractivity contribution is -0.112. The molecule has 0 radical (unpaired) electrons. The monoisotopic (exact) mass is 283 g/mol. The Kier molecular flexibility index (Phi) is 4.48. The summed E-state index contributed by atoms with van der Waals surface area (Å²) in [6.07, 6.45) is 3.00. The molecular weight excluding hydrogens is 274 g/mol. The van der Waals surface area contributed by atoms with Gasteiger partial charge in [0.05, 0.1) is 0 Å².